The highest BCUT2D eigenvalue weighted by molar-refractivity contribution is 7.92. The summed E-state index contributed by atoms with van der Waals surface area (Å²) in [5, 5.41) is 3.43. The van der Waals surface area contributed by atoms with Crippen LogP contribution >= 0.6 is 23.2 Å². The van der Waals surface area contributed by atoms with Gasteiger partial charge in [0, 0.05) is 18.6 Å². The van der Waals surface area contributed by atoms with Crippen molar-refractivity contribution in [3.63, 3.8) is 0 Å². The predicted molar refractivity (Wildman–Crippen MR) is 101 cm³/mol. The van der Waals surface area contributed by atoms with Gasteiger partial charge in [-0.15, -0.1) is 0 Å². The summed E-state index contributed by atoms with van der Waals surface area (Å²) < 4.78 is 26.6. The van der Waals surface area contributed by atoms with Gasteiger partial charge in [0.25, 0.3) is 15.9 Å². The minimum Gasteiger partial charge on any atom is -0.352 e. The molecule has 1 amide bonds. The van der Waals surface area contributed by atoms with E-state index in [1.807, 2.05) is 6.92 Å². The zero-order valence-corrected chi connectivity index (χ0v) is 16.1. The predicted octanol–water partition coefficient (Wildman–Crippen LogP) is 3.96. The van der Waals surface area contributed by atoms with Crippen LogP contribution in [0.3, 0.4) is 0 Å². The van der Waals surface area contributed by atoms with E-state index >= 15 is 0 Å². The molecule has 25 heavy (non-hydrogen) atoms. The first-order valence-corrected chi connectivity index (χ1v) is 9.79. The van der Waals surface area contributed by atoms with Gasteiger partial charge >= 0.3 is 0 Å². The summed E-state index contributed by atoms with van der Waals surface area (Å²) in [6.07, 6.45) is 0.786. The van der Waals surface area contributed by atoms with E-state index in [2.05, 4.69) is 5.32 Å². The number of hydrogen-bond donors (Lipinski definition) is 1. The molecule has 0 saturated heterocycles. The van der Waals surface area contributed by atoms with Crippen LogP contribution in [0.1, 0.15) is 23.7 Å². The van der Waals surface area contributed by atoms with Crippen LogP contribution in [0.25, 0.3) is 0 Å². The second-order valence-corrected chi connectivity index (χ2v) is 8.16. The van der Waals surface area contributed by atoms with Gasteiger partial charge in [-0.3, -0.25) is 9.10 Å². The largest absolute Gasteiger partial charge is 0.352 e. The first-order valence-electron chi connectivity index (χ1n) is 7.59. The maximum atomic E-state index is 12.7. The number of sulfonamides is 1. The Kier molecular flexibility index (Phi) is 6.32. The summed E-state index contributed by atoms with van der Waals surface area (Å²) in [7, 11) is -2.36. The number of rotatable bonds is 6. The number of hydrogen-bond acceptors (Lipinski definition) is 3. The van der Waals surface area contributed by atoms with Crippen molar-refractivity contribution < 1.29 is 13.2 Å². The molecule has 2 aromatic carbocycles. The summed E-state index contributed by atoms with van der Waals surface area (Å²) in [5.74, 6) is -0.342. The Morgan fingerprint density at radius 3 is 2.36 bits per heavy atom. The molecule has 0 aliphatic heterocycles. The van der Waals surface area contributed by atoms with Gasteiger partial charge in [-0.1, -0.05) is 30.1 Å². The molecule has 0 unspecified atom stereocenters. The lowest BCUT2D eigenvalue weighted by Gasteiger charge is -2.20. The van der Waals surface area contributed by atoms with Crippen LogP contribution in [0, 0.1) is 0 Å². The summed E-state index contributed by atoms with van der Waals surface area (Å²) >= 11 is 11.9. The Morgan fingerprint density at radius 1 is 1.12 bits per heavy atom. The maximum Gasteiger partial charge on any atom is 0.264 e. The van der Waals surface area contributed by atoms with Crippen LogP contribution in [0.15, 0.2) is 47.4 Å². The molecule has 5 nitrogen and oxygen atoms in total. The quantitative estimate of drug-likeness (QED) is 0.797. The minimum absolute atomic E-state index is 0.103. The van der Waals surface area contributed by atoms with Crippen molar-refractivity contribution in [2.24, 2.45) is 0 Å². The van der Waals surface area contributed by atoms with Crippen LogP contribution in [0.5, 0.6) is 0 Å². The molecule has 2 rings (SSSR count). The zero-order chi connectivity index (χ0) is 18.6. The molecule has 0 heterocycles. The highest BCUT2D eigenvalue weighted by Gasteiger charge is 2.22. The zero-order valence-electron chi connectivity index (χ0n) is 13.8. The van der Waals surface area contributed by atoms with Gasteiger partial charge in [0.1, 0.15) is 0 Å². The number of amides is 1. The molecule has 134 valence electrons. The van der Waals surface area contributed by atoms with E-state index in [4.69, 9.17) is 23.2 Å². The monoisotopic (exact) mass is 400 g/mol. The van der Waals surface area contributed by atoms with Crippen molar-refractivity contribution >= 4 is 44.8 Å². The molecule has 0 radical (unpaired) electrons. The van der Waals surface area contributed by atoms with Gasteiger partial charge in [-0.05, 0) is 48.9 Å². The van der Waals surface area contributed by atoms with Gasteiger partial charge in [0.15, 0.2) is 0 Å². The van der Waals surface area contributed by atoms with E-state index in [1.165, 1.54) is 43.4 Å². The minimum atomic E-state index is -3.78. The summed E-state index contributed by atoms with van der Waals surface area (Å²) in [5.41, 5.74) is 0.562. The summed E-state index contributed by atoms with van der Waals surface area (Å²) in [4.78, 5) is 12.3. The Labute approximate surface area is 157 Å². The van der Waals surface area contributed by atoms with E-state index in [0.29, 0.717) is 17.3 Å². The van der Waals surface area contributed by atoms with Crippen molar-refractivity contribution in [1.29, 1.82) is 0 Å². The van der Waals surface area contributed by atoms with Crippen LogP contribution < -0.4 is 9.62 Å². The maximum absolute atomic E-state index is 12.7. The van der Waals surface area contributed by atoms with Crippen molar-refractivity contribution in [1.82, 2.24) is 5.32 Å². The van der Waals surface area contributed by atoms with E-state index in [1.54, 1.807) is 6.07 Å². The Bertz CT molecular complexity index is 868. The molecule has 8 heteroatoms. The molecule has 0 aliphatic rings. The third-order valence-corrected chi connectivity index (χ3v) is 5.95. The Balaban J connectivity index is 2.37. The first-order chi connectivity index (χ1) is 11.8. The molecule has 0 atom stereocenters. The first kappa shape index (κ1) is 19.6. The van der Waals surface area contributed by atoms with Gasteiger partial charge in [-0.2, -0.15) is 0 Å². The van der Waals surface area contributed by atoms with Gasteiger partial charge in [0.05, 0.1) is 21.2 Å². The van der Waals surface area contributed by atoms with E-state index < -0.39 is 10.0 Å². The standard InChI is InChI=1S/C17H18Cl2N2O3S/c1-3-10-20-17(22)15-11-13(6-9-16(15)19)21(2)25(23,24)14-7-4-12(18)5-8-14/h4-9,11H,3,10H2,1-2H3,(H,20,22). The fourth-order valence-electron chi connectivity index (χ4n) is 2.12. The normalized spacial score (nSPS) is 11.2. The SMILES string of the molecule is CCCNC(=O)c1cc(N(C)S(=O)(=O)c2ccc(Cl)cc2)ccc1Cl. The number of carbonyl (C=O) groups excluding carboxylic acids is 1. The van der Waals surface area contributed by atoms with Crippen LogP contribution in [-0.2, 0) is 10.0 Å². The second kappa shape index (κ2) is 8.08. The van der Waals surface area contributed by atoms with Gasteiger partial charge in [-0.25, -0.2) is 8.42 Å². The molecule has 0 saturated carbocycles. The number of carbonyl (C=O) groups is 1. The molecule has 0 aliphatic carbocycles. The molecular weight excluding hydrogens is 383 g/mol. The van der Waals surface area contributed by atoms with Crippen LogP contribution in [0.4, 0.5) is 5.69 Å². The van der Waals surface area contributed by atoms with Crippen molar-refractivity contribution in [2.45, 2.75) is 18.2 Å². The number of nitrogens with zero attached hydrogens (tertiary/aromatic N) is 1. The Hall–Kier alpha value is -1.76. The highest BCUT2D eigenvalue weighted by atomic mass is 35.5. The summed E-state index contributed by atoms with van der Waals surface area (Å²) in [6.45, 7) is 2.45. The van der Waals surface area contributed by atoms with Crippen LogP contribution in [-0.4, -0.2) is 27.9 Å². The molecule has 0 spiro atoms. The second-order valence-electron chi connectivity index (χ2n) is 5.35. The van der Waals surface area contributed by atoms with E-state index in [0.717, 1.165) is 10.7 Å². The molecular formula is C17H18Cl2N2O3S. The van der Waals surface area contributed by atoms with Crippen molar-refractivity contribution in [2.75, 3.05) is 17.9 Å². The number of halogens is 2. The van der Waals surface area contributed by atoms with E-state index in [-0.39, 0.29) is 21.4 Å². The average molecular weight is 401 g/mol. The number of anilines is 1. The number of nitrogens with one attached hydrogen (secondary N) is 1. The lowest BCUT2D eigenvalue weighted by molar-refractivity contribution is 0.0954. The third-order valence-electron chi connectivity index (χ3n) is 3.57. The van der Waals surface area contributed by atoms with E-state index in [9.17, 15) is 13.2 Å². The number of benzene rings is 2. The van der Waals surface area contributed by atoms with Gasteiger partial charge < -0.3 is 5.32 Å². The highest BCUT2D eigenvalue weighted by Crippen LogP contribution is 2.27. The van der Waals surface area contributed by atoms with Gasteiger partial charge in [0.2, 0.25) is 0 Å². The lowest BCUT2D eigenvalue weighted by Crippen LogP contribution is -2.28. The molecule has 0 bridgehead atoms. The Morgan fingerprint density at radius 2 is 1.76 bits per heavy atom. The fraction of sp³-hybridized carbons (Fsp3) is 0.235. The molecule has 2 aromatic rings. The van der Waals surface area contributed by atoms with Crippen molar-refractivity contribution in [3.05, 3.63) is 58.1 Å². The topological polar surface area (TPSA) is 66.5 Å². The third kappa shape index (κ3) is 4.45. The summed E-state index contributed by atoms with van der Waals surface area (Å²) in [6, 6.07) is 10.4. The van der Waals surface area contributed by atoms with Crippen molar-refractivity contribution in [3.8, 4) is 0 Å². The molecule has 0 aromatic heterocycles. The van der Waals surface area contributed by atoms with Crippen LogP contribution in [0.2, 0.25) is 10.0 Å². The molecule has 1 N–H and O–H groups in total. The fourth-order valence-corrected chi connectivity index (χ4v) is 3.64. The molecule has 0 fully saturated rings. The lowest BCUT2D eigenvalue weighted by atomic mass is 10.2. The smallest absolute Gasteiger partial charge is 0.264 e. The average Bonchev–Trinajstić information content (AvgIpc) is 2.59.